The van der Waals surface area contributed by atoms with Crippen molar-refractivity contribution in [3.63, 3.8) is 0 Å². The monoisotopic (exact) mass is 369 g/mol. The van der Waals surface area contributed by atoms with Gasteiger partial charge in [-0.15, -0.1) is 11.3 Å². The number of likely N-dealkylation sites (N-methyl/N-ethyl adjacent to an activating group) is 1. The third-order valence-corrected chi connectivity index (χ3v) is 7.29. The first-order valence-electron chi connectivity index (χ1n) is 6.86. The van der Waals surface area contributed by atoms with Crippen LogP contribution in [0.1, 0.15) is 10.6 Å². The van der Waals surface area contributed by atoms with Gasteiger partial charge in [0.05, 0.1) is 26.3 Å². The normalized spacial score (nSPS) is 12.3. The summed E-state index contributed by atoms with van der Waals surface area (Å²) in [6, 6.07) is 4.69. The highest BCUT2D eigenvalue weighted by molar-refractivity contribution is 7.89. The summed E-state index contributed by atoms with van der Waals surface area (Å²) >= 11 is 2.54. The Labute approximate surface area is 141 Å². The van der Waals surface area contributed by atoms with Gasteiger partial charge in [-0.05, 0) is 31.5 Å². The number of rotatable bonds is 5. The summed E-state index contributed by atoms with van der Waals surface area (Å²) in [5.41, 5.74) is 3.36. The Kier molecular flexibility index (Phi) is 4.37. The van der Waals surface area contributed by atoms with Crippen LogP contribution in [0.4, 0.5) is 0 Å². The Balaban J connectivity index is 1.83. The van der Waals surface area contributed by atoms with Crippen molar-refractivity contribution in [3.05, 3.63) is 43.9 Å². The third kappa shape index (κ3) is 3.23. The first-order chi connectivity index (χ1) is 10.9. The van der Waals surface area contributed by atoms with Gasteiger partial charge in [0.1, 0.15) is 0 Å². The summed E-state index contributed by atoms with van der Waals surface area (Å²) in [7, 11) is -2.01. The molecule has 0 aliphatic rings. The molecule has 6 nitrogen and oxygen atoms in total. The minimum atomic E-state index is -3.58. The van der Waals surface area contributed by atoms with Crippen LogP contribution in [0.15, 0.2) is 33.4 Å². The largest absolute Gasteiger partial charge is 0.312 e. The minimum absolute atomic E-state index is 0.191. The number of hydrogen-bond donors (Lipinski definition) is 1. The second-order valence-electron chi connectivity index (χ2n) is 5.11. The lowest BCUT2D eigenvalue weighted by Crippen LogP contribution is -2.29. The van der Waals surface area contributed by atoms with Gasteiger partial charge in [0.2, 0.25) is 10.0 Å². The van der Waals surface area contributed by atoms with Gasteiger partial charge in [-0.25, -0.2) is 17.7 Å². The van der Waals surface area contributed by atoms with Crippen LogP contribution in [0.25, 0.3) is 10.2 Å². The summed E-state index contributed by atoms with van der Waals surface area (Å²) in [4.78, 5) is 19.3. The van der Waals surface area contributed by atoms with E-state index in [1.54, 1.807) is 24.7 Å². The Morgan fingerprint density at radius 3 is 2.83 bits per heavy atom. The zero-order chi connectivity index (χ0) is 16.6. The first-order valence-corrected chi connectivity index (χ1v) is 10.00. The van der Waals surface area contributed by atoms with E-state index < -0.39 is 10.0 Å². The smallest absolute Gasteiger partial charge is 0.305 e. The second-order valence-corrected chi connectivity index (χ2v) is 9.11. The first kappa shape index (κ1) is 16.3. The van der Waals surface area contributed by atoms with Gasteiger partial charge < -0.3 is 4.98 Å². The minimum Gasteiger partial charge on any atom is -0.312 e. The van der Waals surface area contributed by atoms with Gasteiger partial charge in [0.15, 0.2) is 0 Å². The SMILES string of the molecule is Cc1ncsc1CCN(C)S(=O)(=O)c1ccc2[nH]c(=O)sc2c1. The van der Waals surface area contributed by atoms with Crippen molar-refractivity contribution in [1.29, 1.82) is 0 Å². The molecule has 0 aliphatic heterocycles. The fourth-order valence-electron chi connectivity index (χ4n) is 2.21. The molecule has 0 bridgehead atoms. The topological polar surface area (TPSA) is 83.1 Å². The van der Waals surface area contributed by atoms with Crippen LogP contribution < -0.4 is 4.87 Å². The molecule has 2 aromatic heterocycles. The molecule has 9 heteroatoms. The Morgan fingerprint density at radius 2 is 2.13 bits per heavy atom. The summed E-state index contributed by atoms with van der Waals surface area (Å²) in [6.07, 6.45) is 0.631. The summed E-state index contributed by atoms with van der Waals surface area (Å²) in [5.74, 6) is 0. The van der Waals surface area contributed by atoms with Gasteiger partial charge in [-0.2, -0.15) is 0 Å². The molecule has 0 aliphatic carbocycles. The molecule has 0 spiro atoms. The van der Waals surface area contributed by atoms with E-state index in [1.807, 2.05) is 6.92 Å². The number of fused-ring (bicyclic) bond motifs is 1. The number of thiazole rings is 2. The highest BCUT2D eigenvalue weighted by Gasteiger charge is 2.21. The molecule has 0 fully saturated rings. The van der Waals surface area contributed by atoms with Crippen molar-refractivity contribution in [2.24, 2.45) is 0 Å². The molecule has 0 saturated carbocycles. The molecule has 3 aromatic rings. The molecular weight excluding hydrogens is 354 g/mol. The highest BCUT2D eigenvalue weighted by atomic mass is 32.2. The van der Waals surface area contributed by atoms with Crippen LogP contribution in [0, 0.1) is 6.92 Å². The molecule has 0 saturated heterocycles. The van der Waals surface area contributed by atoms with E-state index in [1.165, 1.54) is 21.7 Å². The van der Waals surface area contributed by atoms with Gasteiger partial charge in [-0.1, -0.05) is 11.3 Å². The lowest BCUT2D eigenvalue weighted by Gasteiger charge is -2.17. The molecule has 0 amide bonds. The van der Waals surface area contributed by atoms with E-state index in [0.717, 1.165) is 21.9 Å². The predicted molar refractivity (Wildman–Crippen MR) is 92.8 cm³/mol. The summed E-state index contributed by atoms with van der Waals surface area (Å²) in [5, 5.41) is 0. The van der Waals surface area contributed by atoms with Crippen LogP contribution in [0.5, 0.6) is 0 Å². The van der Waals surface area contributed by atoms with Gasteiger partial charge in [0, 0.05) is 18.5 Å². The van der Waals surface area contributed by atoms with Gasteiger partial charge in [-0.3, -0.25) is 4.79 Å². The van der Waals surface area contributed by atoms with Crippen LogP contribution in [-0.2, 0) is 16.4 Å². The summed E-state index contributed by atoms with van der Waals surface area (Å²) < 4.78 is 27.3. The van der Waals surface area contributed by atoms with Crippen molar-refractivity contribution >= 4 is 42.9 Å². The average Bonchev–Trinajstić information content (AvgIpc) is 3.08. The van der Waals surface area contributed by atoms with Gasteiger partial charge in [0.25, 0.3) is 0 Å². The number of sulfonamides is 1. The molecular formula is C14H15N3O3S3. The fraction of sp³-hybridized carbons (Fsp3) is 0.286. The van der Waals surface area contributed by atoms with Crippen molar-refractivity contribution in [1.82, 2.24) is 14.3 Å². The molecule has 122 valence electrons. The fourth-order valence-corrected chi connectivity index (χ4v) is 5.03. The molecule has 23 heavy (non-hydrogen) atoms. The standard InChI is InChI=1S/C14H15N3O3S3/c1-9-12(21-8-15-9)5-6-17(2)23(19,20)10-3-4-11-13(7-10)22-14(18)16-11/h3-4,7-8H,5-6H2,1-2H3,(H,16,18). The zero-order valence-corrected chi connectivity index (χ0v) is 15.0. The molecule has 0 atom stereocenters. The van der Waals surface area contributed by atoms with E-state index in [2.05, 4.69) is 9.97 Å². The van der Waals surface area contributed by atoms with Crippen LogP contribution in [0.3, 0.4) is 0 Å². The lowest BCUT2D eigenvalue weighted by molar-refractivity contribution is 0.473. The zero-order valence-electron chi connectivity index (χ0n) is 12.6. The quantitative estimate of drug-likeness (QED) is 0.747. The van der Waals surface area contributed by atoms with Crippen molar-refractivity contribution in [2.75, 3.05) is 13.6 Å². The van der Waals surface area contributed by atoms with E-state index in [0.29, 0.717) is 23.2 Å². The third-order valence-electron chi connectivity index (χ3n) is 3.60. The predicted octanol–water partition coefficient (Wildman–Crippen LogP) is 2.22. The molecule has 1 aromatic carbocycles. The summed E-state index contributed by atoms with van der Waals surface area (Å²) in [6.45, 7) is 2.30. The van der Waals surface area contributed by atoms with E-state index in [-0.39, 0.29) is 9.77 Å². The van der Waals surface area contributed by atoms with Crippen molar-refractivity contribution < 1.29 is 8.42 Å². The second kappa shape index (κ2) is 6.16. The molecule has 2 heterocycles. The number of nitrogens with one attached hydrogen (secondary N) is 1. The van der Waals surface area contributed by atoms with Crippen molar-refractivity contribution in [3.8, 4) is 0 Å². The number of benzene rings is 1. The number of aromatic nitrogens is 2. The van der Waals surface area contributed by atoms with E-state index in [9.17, 15) is 13.2 Å². The molecule has 0 unspecified atom stereocenters. The number of nitrogens with zero attached hydrogens (tertiary/aromatic N) is 2. The Morgan fingerprint density at radius 1 is 1.35 bits per heavy atom. The Hall–Kier alpha value is -1.55. The van der Waals surface area contributed by atoms with E-state index in [4.69, 9.17) is 0 Å². The van der Waals surface area contributed by atoms with Crippen LogP contribution in [0.2, 0.25) is 0 Å². The maximum absolute atomic E-state index is 12.7. The van der Waals surface area contributed by atoms with Crippen molar-refractivity contribution in [2.45, 2.75) is 18.2 Å². The maximum Gasteiger partial charge on any atom is 0.305 e. The average molecular weight is 369 g/mol. The number of aromatic amines is 1. The number of H-pyrrole nitrogens is 1. The maximum atomic E-state index is 12.7. The number of aryl methyl sites for hydroxylation is 1. The van der Waals surface area contributed by atoms with Crippen LogP contribution in [-0.4, -0.2) is 36.3 Å². The number of hydrogen-bond acceptors (Lipinski definition) is 6. The highest BCUT2D eigenvalue weighted by Crippen LogP contribution is 2.22. The lowest BCUT2D eigenvalue weighted by atomic mass is 10.3. The van der Waals surface area contributed by atoms with E-state index >= 15 is 0 Å². The van der Waals surface area contributed by atoms with Crippen LogP contribution >= 0.6 is 22.7 Å². The molecule has 3 rings (SSSR count). The molecule has 0 radical (unpaired) electrons. The Bertz CT molecular complexity index is 1000. The van der Waals surface area contributed by atoms with Gasteiger partial charge >= 0.3 is 4.87 Å². The molecule has 1 N–H and O–H groups in total.